The molecule has 63 heavy (non-hydrogen) atoms. The normalized spacial score (nSPS) is 16.6. The summed E-state index contributed by atoms with van der Waals surface area (Å²) in [5.74, 6) is -2.29. The van der Waals surface area contributed by atoms with Crippen LogP contribution in [0.3, 0.4) is 0 Å². The number of benzene rings is 3. The second-order valence-corrected chi connectivity index (χ2v) is 14.8. The quantitative estimate of drug-likeness (QED) is 0.0762. The lowest BCUT2D eigenvalue weighted by Crippen LogP contribution is -2.56. The smallest absolute Gasteiger partial charge is 0.255 e. The Morgan fingerprint density at radius 1 is 0.905 bits per heavy atom. The van der Waals surface area contributed by atoms with Crippen molar-refractivity contribution >= 4 is 29.5 Å². The largest absolute Gasteiger partial charge is 0.508 e. The van der Waals surface area contributed by atoms with Gasteiger partial charge in [0.15, 0.2) is 5.82 Å². The van der Waals surface area contributed by atoms with Gasteiger partial charge in [-0.15, -0.1) is 0 Å². The molecule has 0 radical (unpaired) electrons. The summed E-state index contributed by atoms with van der Waals surface area (Å²) >= 11 is 0. The van der Waals surface area contributed by atoms with Crippen molar-refractivity contribution in [2.45, 2.75) is 57.8 Å². The Morgan fingerprint density at radius 3 is 2.13 bits per heavy atom. The molecule has 4 unspecified atom stereocenters. The van der Waals surface area contributed by atoms with Crippen molar-refractivity contribution in [3.8, 4) is 45.8 Å². The topological polar surface area (TPSA) is 303 Å². The highest BCUT2D eigenvalue weighted by Crippen LogP contribution is 2.40. The Hall–Kier alpha value is -7.14. The highest BCUT2D eigenvalue weighted by molar-refractivity contribution is 6.00. The van der Waals surface area contributed by atoms with Gasteiger partial charge in [-0.3, -0.25) is 24.0 Å². The summed E-state index contributed by atoms with van der Waals surface area (Å²) in [4.78, 5) is 80.3. The van der Waals surface area contributed by atoms with Gasteiger partial charge in [-0.25, -0.2) is 9.97 Å². The van der Waals surface area contributed by atoms with Gasteiger partial charge < -0.3 is 57.9 Å². The number of carbonyl (C=O) groups is 5. The third-order valence-electron chi connectivity index (χ3n) is 10.2. The molecule has 0 saturated heterocycles. The minimum absolute atomic E-state index is 0.00559. The van der Waals surface area contributed by atoms with Crippen LogP contribution in [0.1, 0.15) is 52.3 Å². The zero-order valence-electron chi connectivity index (χ0n) is 35.6. The van der Waals surface area contributed by atoms with Crippen LogP contribution in [-0.2, 0) is 25.6 Å². The molecule has 0 spiro atoms. The number of phenols is 1. The number of nitrogens with two attached hydrogens (primary N) is 3. The second-order valence-electron chi connectivity index (χ2n) is 14.8. The lowest BCUT2D eigenvalue weighted by atomic mass is 9.93. The third-order valence-corrected chi connectivity index (χ3v) is 10.2. The van der Waals surface area contributed by atoms with E-state index in [0.717, 1.165) is 4.90 Å². The number of fused-ring (bicyclic) bond motifs is 5. The number of nitrogens with one attached hydrogen (secondary N) is 4. The summed E-state index contributed by atoms with van der Waals surface area (Å²) in [6, 6.07) is 13.2. The number of nitrogens with zero attached hydrogens (tertiary/aromatic N) is 4. The Bertz CT molecular complexity index is 2350. The molecule has 0 fully saturated rings. The van der Waals surface area contributed by atoms with E-state index >= 15 is 0 Å². The minimum Gasteiger partial charge on any atom is -0.508 e. The molecule has 5 amide bonds. The molecule has 0 aliphatic carbocycles. The van der Waals surface area contributed by atoms with Crippen LogP contribution < -0.4 is 47.9 Å². The lowest BCUT2D eigenvalue weighted by molar-refractivity contribution is -0.141. The van der Waals surface area contributed by atoms with Gasteiger partial charge in [-0.05, 0) is 93.4 Å². The van der Waals surface area contributed by atoms with Crippen LogP contribution in [0.2, 0.25) is 0 Å². The Morgan fingerprint density at radius 2 is 1.52 bits per heavy atom. The van der Waals surface area contributed by atoms with Crippen LogP contribution in [0.15, 0.2) is 60.7 Å². The molecule has 332 valence electrons. The van der Waals surface area contributed by atoms with Gasteiger partial charge in [0.05, 0.1) is 23.0 Å². The number of likely N-dealkylation sites (N-methyl/N-ethyl adjacent to an activating group) is 1. The number of aromatic hydroxyl groups is 1. The Kier molecular flexibility index (Phi) is 16.1. The van der Waals surface area contributed by atoms with E-state index in [2.05, 4.69) is 31.2 Å². The SMILES string of the molecule is Cc1nc(-c2ccc(O)cc2)nc(C)c1C(=O)NC(CCN)C(=O)N(C)C1C(=O)NC(C)C(=O)NC(C(=O)NCC#N)Cc2ccc(OCCN)c(c2)-c2cc1ccc2OCCN. The van der Waals surface area contributed by atoms with Crippen molar-refractivity contribution in [2.24, 2.45) is 17.2 Å². The number of phenolic OH excluding ortho intramolecular Hbond substituents is 1. The predicted octanol–water partition coefficient (Wildman–Crippen LogP) is 0.640. The number of ether oxygens (including phenoxy) is 2. The lowest BCUT2D eigenvalue weighted by Gasteiger charge is -2.32. The molecule has 4 atom stereocenters. The molecule has 19 heteroatoms. The molecular weight excluding hydrogens is 811 g/mol. The third kappa shape index (κ3) is 11.4. The number of aromatic nitrogens is 2. The van der Waals surface area contributed by atoms with Gasteiger partial charge in [0, 0.05) is 43.2 Å². The summed E-state index contributed by atoms with van der Waals surface area (Å²) in [6.45, 7) is 5.01. The zero-order valence-corrected chi connectivity index (χ0v) is 35.6. The van der Waals surface area contributed by atoms with Gasteiger partial charge in [-0.2, -0.15) is 5.26 Å². The number of amides is 5. The average Bonchev–Trinajstić information content (AvgIpc) is 3.26. The monoisotopic (exact) mass is 863 g/mol. The van der Waals surface area contributed by atoms with Gasteiger partial charge in [0.25, 0.3) is 5.91 Å². The molecule has 19 nitrogen and oxygen atoms in total. The van der Waals surface area contributed by atoms with Crippen molar-refractivity contribution in [1.29, 1.82) is 5.26 Å². The van der Waals surface area contributed by atoms with Crippen LogP contribution in [0.4, 0.5) is 0 Å². The molecule has 1 aromatic heterocycles. The summed E-state index contributed by atoms with van der Waals surface area (Å²) in [6.07, 6.45) is -0.0258. The molecule has 11 N–H and O–H groups in total. The molecule has 5 rings (SSSR count). The number of hydrogen-bond donors (Lipinski definition) is 8. The van der Waals surface area contributed by atoms with Crippen molar-refractivity contribution in [3.63, 3.8) is 0 Å². The van der Waals surface area contributed by atoms with E-state index in [1.807, 2.05) is 6.07 Å². The van der Waals surface area contributed by atoms with E-state index in [1.54, 1.807) is 62.4 Å². The maximum Gasteiger partial charge on any atom is 0.255 e. The summed E-state index contributed by atoms with van der Waals surface area (Å²) in [5.41, 5.74) is 20.9. The van der Waals surface area contributed by atoms with Crippen LogP contribution in [0.5, 0.6) is 17.2 Å². The fourth-order valence-electron chi connectivity index (χ4n) is 7.14. The number of nitriles is 1. The van der Waals surface area contributed by atoms with Crippen molar-refractivity contribution in [1.82, 2.24) is 36.1 Å². The van der Waals surface area contributed by atoms with E-state index in [4.69, 9.17) is 31.9 Å². The van der Waals surface area contributed by atoms with Crippen molar-refractivity contribution < 1.29 is 38.6 Å². The van der Waals surface area contributed by atoms with E-state index in [0.29, 0.717) is 56.5 Å². The maximum absolute atomic E-state index is 14.6. The van der Waals surface area contributed by atoms with Gasteiger partial charge in [0.2, 0.25) is 23.6 Å². The van der Waals surface area contributed by atoms with Crippen LogP contribution in [0, 0.1) is 25.2 Å². The van der Waals surface area contributed by atoms with E-state index in [-0.39, 0.29) is 63.5 Å². The van der Waals surface area contributed by atoms with Crippen LogP contribution >= 0.6 is 0 Å². The number of hydrogen-bond acceptors (Lipinski definition) is 14. The Labute approximate surface area is 364 Å². The first-order chi connectivity index (χ1) is 30.2. The van der Waals surface area contributed by atoms with Crippen LogP contribution in [-0.4, -0.2) is 114 Å². The van der Waals surface area contributed by atoms with E-state index in [1.165, 1.54) is 26.1 Å². The van der Waals surface area contributed by atoms with Gasteiger partial charge >= 0.3 is 0 Å². The molecule has 4 aromatic rings. The predicted molar refractivity (Wildman–Crippen MR) is 232 cm³/mol. The number of rotatable bonds is 15. The highest BCUT2D eigenvalue weighted by Gasteiger charge is 2.36. The van der Waals surface area contributed by atoms with Crippen LogP contribution in [0.25, 0.3) is 22.5 Å². The molecule has 1 aliphatic heterocycles. The van der Waals surface area contributed by atoms with Crippen molar-refractivity contribution in [2.75, 3.05) is 46.4 Å². The molecule has 3 aromatic carbocycles. The molecule has 2 heterocycles. The first-order valence-corrected chi connectivity index (χ1v) is 20.3. The maximum atomic E-state index is 14.6. The first-order valence-electron chi connectivity index (χ1n) is 20.3. The fourth-order valence-corrected chi connectivity index (χ4v) is 7.14. The summed E-state index contributed by atoms with van der Waals surface area (Å²) in [7, 11) is 1.40. The average molecular weight is 864 g/mol. The molecule has 4 bridgehead atoms. The highest BCUT2D eigenvalue weighted by atomic mass is 16.5. The zero-order chi connectivity index (χ0) is 45.8. The van der Waals surface area contributed by atoms with Gasteiger partial charge in [-0.1, -0.05) is 12.1 Å². The van der Waals surface area contributed by atoms with E-state index < -0.39 is 53.7 Å². The number of aryl methyl sites for hydroxylation is 2. The minimum atomic E-state index is -1.42. The van der Waals surface area contributed by atoms with Gasteiger partial charge in [0.1, 0.15) is 61.2 Å². The fraction of sp³-hybridized carbons (Fsp3) is 0.364. The Balaban J connectivity index is 1.59. The summed E-state index contributed by atoms with van der Waals surface area (Å²) < 4.78 is 12.2. The van der Waals surface area contributed by atoms with E-state index in [9.17, 15) is 29.1 Å². The standard InChI is InChI=1S/C44H53N11O8/c1-24-37(25(2)51-39(50-24)28-6-9-30(56)10-7-28)42(59)53-33(13-14-45)44(61)55(4)38-29-8-12-36(63-20-17-48)32(23-29)31-21-27(5-11-35(31)62-19-16-47)22-34(41(58)49-18-15-46)54-40(57)26(3)52-43(38)60/h5-12,21,23,26,33-34,38,56H,13-14,16-20,22,45,47-48H2,1-4H3,(H,49,58)(H,52,60)(H,53,59)(H,54,57). The van der Waals surface area contributed by atoms with Crippen molar-refractivity contribution in [3.05, 3.63) is 88.7 Å². The molecule has 1 aliphatic rings. The first kappa shape index (κ1) is 46.9. The molecule has 0 saturated carbocycles. The summed E-state index contributed by atoms with van der Waals surface area (Å²) in [5, 5.41) is 29.5. The second kappa shape index (κ2) is 21.6. The molecular formula is C44H53N11O8. The number of carbonyl (C=O) groups excluding carboxylic acids is 5.